The maximum Gasteiger partial charge on any atom is 0.257 e. The van der Waals surface area contributed by atoms with Crippen LogP contribution in [0.4, 0.5) is 0 Å². The van der Waals surface area contributed by atoms with Crippen LogP contribution in [0.25, 0.3) is 11.0 Å². The fourth-order valence-electron chi connectivity index (χ4n) is 3.16. The molecule has 0 saturated carbocycles. The van der Waals surface area contributed by atoms with E-state index in [0.717, 1.165) is 23.0 Å². The zero-order valence-corrected chi connectivity index (χ0v) is 13.1. The van der Waals surface area contributed by atoms with Gasteiger partial charge in [0.1, 0.15) is 11.8 Å². The van der Waals surface area contributed by atoms with Crippen LogP contribution >= 0.6 is 0 Å². The molecule has 1 amide bonds. The number of aryl methyl sites for hydroxylation is 2. The van der Waals surface area contributed by atoms with E-state index in [-0.39, 0.29) is 11.8 Å². The number of nitrogens with zero attached hydrogens (tertiary/aromatic N) is 3. The summed E-state index contributed by atoms with van der Waals surface area (Å²) in [5, 5.41) is 4.69. The molecule has 3 aromatic rings. The predicted molar refractivity (Wildman–Crippen MR) is 83.2 cm³/mol. The number of aromatic nitrogens is 2. The van der Waals surface area contributed by atoms with Crippen molar-refractivity contribution in [2.24, 2.45) is 0 Å². The molecule has 4 rings (SSSR count). The zero-order valence-electron chi connectivity index (χ0n) is 13.1. The van der Waals surface area contributed by atoms with E-state index in [2.05, 4.69) is 10.1 Å². The average Bonchev–Trinajstić information content (AvgIpc) is 3.25. The fourth-order valence-corrected chi connectivity index (χ4v) is 3.16. The van der Waals surface area contributed by atoms with Crippen molar-refractivity contribution < 1.29 is 13.7 Å². The topological polar surface area (TPSA) is 72.4 Å². The molecule has 6 nitrogen and oxygen atoms in total. The van der Waals surface area contributed by atoms with E-state index >= 15 is 0 Å². The summed E-state index contributed by atoms with van der Waals surface area (Å²) in [6, 6.07) is 5.84. The van der Waals surface area contributed by atoms with E-state index in [4.69, 9.17) is 8.94 Å². The monoisotopic (exact) mass is 311 g/mol. The number of amides is 1. The Kier molecular flexibility index (Phi) is 3.18. The molecular weight excluding hydrogens is 294 g/mol. The van der Waals surface area contributed by atoms with Gasteiger partial charge in [-0.2, -0.15) is 4.98 Å². The molecule has 0 N–H and O–H groups in total. The van der Waals surface area contributed by atoms with Crippen LogP contribution in [0, 0.1) is 13.8 Å². The van der Waals surface area contributed by atoms with Crippen LogP contribution in [0.15, 0.2) is 33.4 Å². The Hall–Kier alpha value is -2.63. The zero-order chi connectivity index (χ0) is 16.0. The highest BCUT2D eigenvalue weighted by Gasteiger charge is 2.32. The minimum Gasteiger partial charge on any atom is -0.463 e. The summed E-state index contributed by atoms with van der Waals surface area (Å²) in [7, 11) is 0. The molecule has 1 fully saturated rings. The Bertz CT molecular complexity index is 880. The second-order valence-corrected chi connectivity index (χ2v) is 6.02. The summed E-state index contributed by atoms with van der Waals surface area (Å²) in [4.78, 5) is 18.9. The van der Waals surface area contributed by atoms with Crippen molar-refractivity contribution in [2.45, 2.75) is 26.2 Å². The predicted octanol–water partition coefficient (Wildman–Crippen LogP) is 3.06. The molecular formula is C17H17N3O3. The number of hydrogen-bond donors (Lipinski definition) is 0. The molecule has 3 heterocycles. The Balaban J connectivity index is 1.58. The lowest BCUT2D eigenvalue weighted by molar-refractivity contribution is 0.0790. The molecule has 1 atom stereocenters. The smallest absolute Gasteiger partial charge is 0.257 e. The summed E-state index contributed by atoms with van der Waals surface area (Å²) in [6.45, 7) is 5.05. The Morgan fingerprint density at radius 3 is 3.00 bits per heavy atom. The molecule has 0 aliphatic carbocycles. The van der Waals surface area contributed by atoms with E-state index in [1.54, 1.807) is 13.2 Å². The first-order valence-corrected chi connectivity index (χ1v) is 7.70. The van der Waals surface area contributed by atoms with Gasteiger partial charge in [0.25, 0.3) is 5.91 Å². The molecule has 1 unspecified atom stereocenters. The Morgan fingerprint density at radius 2 is 2.22 bits per heavy atom. The number of carbonyl (C=O) groups excluding carboxylic acids is 1. The van der Waals surface area contributed by atoms with Crippen molar-refractivity contribution in [3.8, 4) is 0 Å². The van der Waals surface area contributed by atoms with Crippen LogP contribution in [0.5, 0.6) is 0 Å². The summed E-state index contributed by atoms with van der Waals surface area (Å²) >= 11 is 0. The van der Waals surface area contributed by atoms with Gasteiger partial charge in [0, 0.05) is 18.5 Å². The maximum absolute atomic E-state index is 12.8. The number of carbonyl (C=O) groups is 1. The molecule has 0 spiro atoms. The molecule has 23 heavy (non-hydrogen) atoms. The van der Waals surface area contributed by atoms with Crippen molar-refractivity contribution in [1.29, 1.82) is 0 Å². The summed E-state index contributed by atoms with van der Waals surface area (Å²) in [6.07, 6.45) is 2.40. The minimum atomic E-state index is -0.00640. The lowest BCUT2D eigenvalue weighted by Crippen LogP contribution is -2.28. The summed E-state index contributed by atoms with van der Waals surface area (Å²) in [5.74, 6) is 1.35. The standard InChI is InChI=1S/C17H17N3O3/c1-10-4-3-5-13-14(9-22-15(10)13)17(21)20-7-6-12(8-20)16-18-11(2)19-23-16/h3-5,9,12H,6-8H2,1-2H3. The number of likely N-dealkylation sites (tertiary alicyclic amines) is 1. The van der Waals surface area contributed by atoms with E-state index in [0.29, 0.717) is 30.4 Å². The van der Waals surface area contributed by atoms with E-state index in [1.807, 2.05) is 30.0 Å². The highest BCUT2D eigenvalue weighted by molar-refractivity contribution is 6.06. The van der Waals surface area contributed by atoms with Crippen LogP contribution in [-0.4, -0.2) is 34.0 Å². The number of fused-ring (bicyclic) bond motifs is 1. The molecule has 1 aliphatic rings. The molecule has 1 aliphatic heterocycles. The number of hydrogen-bond acceptors (Lipinski definition) is 5. The molecule has 1 saturated heterocycles. The van der Waals surface area contributed by atoms with Gasteiger partial charge in [-0.25, -0.2) is 0 Å². The Morgan fingerprint density at radius 1 is 1.35 bits per heavy atom. The third-order valence-electron chi connectivity index (χ3n) is 4.40. The molecule has 118 valence electrons. The molecule has 0 bridgehead atoms. The number of rotatable bonds is 2. The fraction of sp³-hybridized carbons (Fsp3) is 0.353. The SMILES string of the molecule is Cc1noc(C2CCN(C(=O)c3coc4c(C)cccc34)C2)n1. The lowest BCUT2D eigenvalue weighted by Gasteiger charge is -2.14. The average molecular weight is 311 g/mol. The van der Waals surface area contributed by atoms with E-state index < -0.39 is 0 Å². The second-order valence-electron chi connectivity index (χ2n) is 6.02. The molecule has 6 heteroatoms. The van der Waals surface area contributed by atoms with Gasteiger partial charge in [0.2, 0.25) is 5.89 Å². The third kappa shape index (κ3) is 2.30. The van der Waals surface area contributed by atoms with Crippen molar-refractivity contribution >= 4 is 16.9 Å². The van der Waals surface area contributed by atoms with Gasteiger partial charge in [0.05, 0.1) is 11.5 Å². The maximum atomic E-state index is 12.8. The number of benzene rings is 1. The van der Waals surface area contributed by atoms with Gasteiger partial charge in [-0.3, -0.25) is 4.79 Å². The van der Waals surface area contributed by atoms with Crippen LogP contribution in [0.2, 0.25) is 0 Å². The largest absolute Gasteiger partial charge is 0.463 e. The number of furan rings is 1. The van der Waals surface area contributed by atoms with Crippen LogP contribution in [0.3, 0.4) is 0 Å². The highest BCUT2D eigenvalue weighted by Crippen LogP contribution is 2.30. The van der Waals surface area contributed by atoms with E-state index in [9.17, 15) is 4.79 Å². The van der Waals surface area contributed by atoms with Crippen molar-refractivity contribution in [3.63, 3.8) is 0 Å². The van der Waals surface area contributed by atoms with Gasteiger partial charge in [-0.1, -0.05) is 23.4 Å². The van der Waals surface area contributed by atoms with E-state index in [1.165, 1.54) is 0 Å². The minimum absolute atomic E-state index is 0.00640. The van der Waals surface area contributed by atoms with Gasteiger partial charge >= 0.3 is 0 Å². The normalized spacial score (nSPS) is 18.0. The van der Waals surface area contributed by atoms with Crippen molar-refractivity contribution in [3.05, 3.63) is 47.3 Å². The quantitative estimate of drug-likeness (QED) is 0.727. The number of para-hydroxylation sites is 1. The van der Waals surface area contributed by atoms with Gasteiger partial charge in [-0.05, 0) is 25.8 Å². The molecule has 2 aromatic heterocycles. The second kappa shape index (κ2) is 5.22. The Labute approximate surface area is 133 Å². The van der Waals surface area contributed by atoms with Gasteiger partial charge < -0.3 is 13.8 Å². The van der Waals surface area contributed by atoms with Crippen LogP contribution < -0.4 is 0 Å². The first kappa shape index (κ1) is 14.0. The molecule has 0 radical (unpaired) electrons. The van der Waals surface area contributed by atoms with Gasteiger partial charge in [-0.15, -0.1) is 0 Å². The van der Waals surface area contributed by atoms with Crippen LogP contribution in [-0.2, 0) is 0 Å². The third-order valence-corrected chi connectivity index (χ3v) is 4.40. The van der Waals surface area contributed by atoms with Crippen LogP contribution in [0.1, 0.15) is 40.0 Å². The summed E-state index contributed by atoms with van der Waals surface area (Å²) in [5.41, 5.74) is 2.42. The lowest BCUT2D eigenvalue weighted by atomic mass is 10.1. The molecule has 1 aromatic carbocycles. The highest BCUT2D eigenvalue weighted by atomic mass is 16.5. The first-order chi connectivity index (χ1) is 11.1. The summed E-state index contributed by atoms with van der Waals surface area (Å²) < 4.78 is 10.8. The first-order valence-electron chi connectivity index (χ1n) is 7.70. The van der Waals surface area contributed by atoms with Gasteiger partial charge in [0.15, 0.2) is 5.82 Å². The van der Waals surface area contributed by atoms with Crippen molar-refractivity contribution in [1.82, 2.24) is 15.0 Å². The van der Waals surface area contributed by atoms with Crippen molar-refractivity contribution in [2.75, 3.05) is 13.1 Å².